The predicted molar refractivity (Wildman–Crippen MR) is 67.5 cm³/mol. The molecule has 0 aliphatic heterocycles. The first-order chi connectivity index (χ1) is 7.75. The van der Waals surface area contributed by atoms with Crippen LogP contribution in [0.2, 0.25) is 0 Å². The van der Waals surface area contributed by atoms with Crippen molar-refractivity contribution in [2.45, 2.75) is 20.0 Å². The Kier molecular flexibility index (Phi) is 6.01. The van der Waals surface area contributed by atoms with Crippen LogP contribution >= 0.6 is 13.6 Å². The van der Waals surface area contributed by atoms with E-state index < -0.39 is 0 Å². The number of hydrogen-bond acceptors (Lipinski definition) is 1. The molecule has 0 fully saturated rings. The van der Waals surface area contributed by atoms with Gasteiger partial charge in [-0.15, -0.1) is 35.0 Å². The molecule has 0 aromatic heterocycles. The summed E-state index contributed by atoms with van der Waals surface area (Å²) in [5.41, 5.74) is 0. The molecule has 0 aliphatic rings. The molecule has 0 bridgehead atoms. The van der Waals surface area contributed by atoms with Crippen molar-refractivity contribution in [1.82, 2.24) is 0 Å². The van der Waals surface area contributed by atoms with Crippen molar-refractivity contribution < 1.29 is 21.1 Å². The molecular weight excluding hydrogens is 317 g/mol. The Balaban J connectivity index is 0.000000606. The molecule has 0 radical (unpaired) electrons. The van der Waals surface area contributed by atoms with Crippen molar-refractivity contribution in [2.24, 2.45) is 0 Å². The molecule has 0 spiro atoms. The third-order valence-electron chi connectivity index (χ3n) is 2.00. The average molecular weight is 331 g/mol. The zero-order valence-electron chi connectivity index (χ0n) is 9.53. The monoisotopic (exact) mass is 328 g/mol. The number of ether oxygens (including phenoxy) is 1. The second-order valence-corrected chi connectivity index (χ2v) is 3.58. The van der Waals surface area contributed by atoms with Crippen molar-refractivity contribution in [3.05, 3.63) is 42.5 Å². The van der Waals surface area contributed by atoms with Crippen LogP contribution in [0.1, 0.15) is 13.8 Å². The van der Waals surface area contributed by atoms with E-state index >= 15 is 0 Å². The molecule has 0 N–H and O–H groups in total. The van der Waals surface area contributed by atoms with Crippen LogP contribution in [0.15, 0.2) is 36.4 Å². The normalized spacial score (nSPS) is 9.88. The number of rotatable bonds is 2. The topological polar surface area (TPSA) is 9.23 Å². The second kappa shape index (κ2) is 7.03. The van der Waals surface area contributed by atoms with Gasteiger partial charge in [-0.25, -0.2) is 0 Å². The van der Waals surface area contributed by atoms with Crippen molar-refractivity contribution in [3.63, 3.8) is 0 Å². The van der Waals surface area contributed by atoms with Crippen LogP contribution in [0, 0.1) is 6.07 Å². The third-order valence-corrected chi connectivity index (χ3v) is 2.00. The predicted octanol–water partition coefficient (Wildman–Crippen LogP) is 4.27. The molecule has 0 aliphatic carbocycles. The van der Waals surface area contributed by atoms with Gasteiger partial charge in [0.25, 0.3) is 0 Å². The SMILES string of the molecule is CC(C)Oc1[c-]c2ccccc2cc1.[Zn+][Br]. The molecule has 2 aromatic carbocycles. The minimum absolute atomic E-state index is 0.201. The van der Waals surface area contributed by atoms with E-state index in [-0.39, 0.29) is 6.10 Å². The maximum absolute atomic E-state index is 5.57. The van der Waals surface area contributed by atoms with Crippen LogP contribution in [-0.4, -0.2) is 6.10 Å². The molecular formula is C13H13BrOZn. The second-order valence-electron chi connectivity index (χ2n) is 3.58. The Labute approximate surface area is 113 Å². The van der Waals surface area contributed by atoms with E-state index in [0.717, 1.165) is 11.1 Å². The van der Waals surface area contributed by atoms with Gasteiger partial charge in [0.15, 0.2) is 0 Å². The summed E-state index contributed by atoms with van der Waals surface area (Å²) in [6.07, 6.45) is 0.201. The fraction of sp³-hybridized carbons (Fsp3) is 0.231. The molecule has 0 amide bonds. The first-order valence-electron chi connectivity index (χ1n) is 5.10. The Morgan fingerprint density at radius 2 is 1.81 bits per heavy atom. The molecule has 80 valence electrons. The Morgan fingerprint density at radius 3 is 2.50 bits per heavy atom. The van der Waals surface area contributed by atoms with Gasteiger partial charge in [0, 0.05) is 5.75 Å². The summed E-state index contributed by atoms with van der Waals surface area (Å²) in [7, 11) is 0. The summed E-state index contributed by atoms with van der Waals surface area (Å²) in [4.78, 5) is 0. The zero-order chi connectivity index (χ0) is 12.0. The van der Waals surface area contributed by atoms with Crippen LogP contribution in [-0.2, 0) is 16.3 Å². The van der Waals surface area contributed by atoms with E-state index in [1.165, 1.54) is 21.7 Å². The van der Waals surface area contributed by atoms with Crippen molar-refractivity contribution in [3.8, 4) is 5.75 Å². The average Bonchev–Trinajstić information content (AvgIpc) is 2.31. The third kappa shape index (κ3) is 3.88. The molecule has 0 unspecified atom stereocenters. The van der Waals surface area contributed by atoms with E-state index in [9.17, 15) is 0 Å². The Bertz CT molecular complexity index is 443. The number of hydrogen-bond donors (Lipinski definition) is 0. The van der Waals surface area contributed by atoms with E-state index in [4.69, 9.17) is 4.74 Å². The van der Waals surface area contributed by atoms with E-state index in [1.807, 2.05) is 38.1 Å². The summed E-state index contributed by atoms with van der Waals surface area (Å²) >= 11 is 4.25. The maximum atomic E-state index is 5.57. The van der Waals surface area contributed by atoms with Gasteiger partial charge in [-0.05, 0) is 13.8 Å². The first-order valence-corrected chi connectivity index (χ1v) is 12.0. The molecule has 1 nitrogen and oxygen atoms in total. The molecule has 2 rings (SSSR count). The van der Waals surface area contributed by atoms with Crippen LogP contribution in [0.4, 0.5) is 0 Å². The molecule has 2 aromatic rings. The van der Waals surface area contributed by atoms with Gasteiger partial charge in [0.1, 0.15) is 0 Å². The summed E-state index contributed by atoms with van der Waals surface area (Å²) in [6.45, 7) is 4.03. The summed E-state index contributed by atoms with van der Waals surface area (Å²) in [5, 5.41) is 2.30. The Morgan fingerprint density at radius 1 is 1.12 bits per heavy atom. The van der Waals surface area contributed by atoms with E-state index in [1.54, 1.807) is 0 Å². The standard InChI is InChI=1S/C13H13O.BrH.Zn/c1-10(2)14-13-8-7-11-5-3-4-6-12(11)9-13;;/h3-8,10H,1-2H3;1H;/q-1;;+2/p-1. The molecule has 3 heteroatoms. The fourth-order valence-electron chi connectivity index (χ4n) is 1.42. The number of halogens is 1. The number of fused-ring (bicyclic) bond motifs is 1. The van der Waals surface area contributed by atoms with Gasteiger partial charge in [-0.1, -0.05) is 18.2 Å². The quantitative estimate of drug-likeness (QED) is 0.590. The summed E-state index contributed by atoms with van der Waals surface area (Å²) < 4.78 is 5.57. The molecule has 16 heavy (non-hydrogen) atoms. The zero-order valence-corrected chi connectivity index (χ0v) is 14.1. The van der Waals surface area contributed by atoms with Gasteiger partial charge in [0.05, 0.1) is 6.10 Å². The molecule has 0 saturated heterocycles. The van der Waals surface area contributed by atoms with Crippen molar-refractivity contribution in [2.75, 3.05) is 0 Å². The number of benzene rings is 2. The van der Waals surface area contributed by atoms with Crippen LogP contribution in [0.25, 0.3) is 10.8 Å². The molecule has 0 heterocycles. The van der Waals surface area contributed by atoms with Gasteiger partial charge >= 0.3 is 30.0 Å². The molecule has 0 saturated carbocycles. The van der Waals surface area contributed by atoms with E-state index in [0.29, 0.717) is 0 Å². The summed E-state index contributed by atoms with van der Waals surface area (Å²) in [5.74, 6) is 0.818. The minimum atomic E-state index is 0.201. The van der Waals surface area contributed by atoms with Crippen LogP contribution in [0.5, 0.6) is 5.75 Å². The van der Waals surface area contributed by atoms with Crippen molar-refractivity contribution >= 4 is 24.4 Å². The van der Waals surface area contributed by atoms with Gasteiger partial charge in [0.2, 0.25) is 0 Å². The fourth-order valence-corrected chi connectivity index (χ4v) is 1.42. The van der Waals surface area contributed by atoms with Crippen LogP contribution < -0.4 is 4.74 Å². The van der Waals surface area contributed by atoms with Crippen molar-refractivity contribution in [1.29, 1.82) is 0 Å². The first kappa shape index (κ1) is 13.7. The Hall–Kier alpha value is -0.397. The van der Waals surface area contributed by atoms with Gasteiger partial charge < -0.3 is 4.74 Å². The summed E-state index contributed by atoms with van der Waals surface area (Å²) in [6, 6.07) is 15.4. The molecule has 0 atom stereocenters. The van der Waals surface area contributed by atoms with Gasteiger partial charge in [-0.3, -0.25) is 0 Å². The van der Waals surface area contributed by atoms with E-state index in [2.05, 4.69) is 31.8 Å². The van der Waals surface area contributed by atoms with Gasteiger partial charge in [-0.2, -0.15) is 0 Å². The van der Waals surface area contributed by atoms with Crippen LogP contribution in [0.3, 0.4) is 0 Å².